The number of aromatic nitrogens is 1. The van der Waals surface area contributed by atoms with E-state index in [-0.39, 0.29) is 5.82 Å². The lowest BCUT2D eigenvalue weighted by atomic mass is 9.95. The van der Waals surface area contributed by atoms with E-state index in [0.717, 1.165) is 34.0 Å². The predicted molar refractivity (Wildman–Crippen MR) is 138 cm³/mol. The van der Waals surface area contributed by atoms with Crippen LogP contribution in [-0.4, -0.2) is 4.98 Å². The number of hydrogen-bond donors (Lipinski definition) is 0. The lowest BCUT2D eigenvalue weighted by molar-refractivity contribution is 0.631. The van der Waals surface area contributed by atoms with Gasteiger partial charge in [-0.3, -0.25) is 4.98 Å². The van der Waals surface area contributed by atoms with Crippen LogP contribution in [-0.2, 0) is 6.42 Å². The fraction of sp³-hybridized carbons (Fsp3) is 0.194. The standard InChI is InChI=1S/C31H28FN/c1-2-3-4-5-8-22-11-13-24(14-12-22)29-21-25(16-18-30(29)32)31-28-17-15-23-9-6-7-10-26(23)27(28)19-20-33-31/h6-7,9-21H,2-5,8H2,1H3. The van der Waals surface area contributed by atoms with Crippen molar-refractivity contribution in [3.8, 4) is 22.4 Å². The van der Waals surface area contributed by atoms with E-state index in [1.165, 1.54) is 42.0 Å². The maximum atomic E-state index is 14.9. The Morgan fingerprint density at radius 3 is 2.36 bits per heavy atom. The molecule has 5 rings (SSSR count). The van der Waals surface area contributed by atoms with Crippen molar-refractivity contribution in [2.24, 2.45) is 0 Å². The van der Waals surface area contributed by atoms with Gasteiger partial charge in [0.25, 0.3) is 0 Å². The Morgan fingerprint density at radius 2 is 1.52 bits per heavy atom. The first kappa shape index (κ1) is 21.3. The van der Waals surface area contributed by atoms with Gasteiger partial charge >= 0.3 is 0 Å². The second-order valence-corrected chi connectivity index (χ2v) is 8.74. The normalized spacial score (nSPS) is 11.3. The highest BCUT2D eigenvalue weighted by Crippen LogP contribution is 2.34. The minimum atomic E-state index is -0.208. The molecular weight excluding hydrogens is 405 g/mol. The lowest BCUT2D eigenvalue weighted by Gasteiger charge is -2.11. The molecule has 164 valence electrons. The molecule has 0 aliphatic rings. The number of benzene rings is 4. The number of hydrogen-bond acceptors (Lipinski definition) is 1. The Balaban J connectivity index is 1.51. The van der Waals surface area contributed by atoms with E-state index < -0.39 is 0 Å². The second-order valence-electron chi connectivity index (χ2n) is 8.74. The van der Waals surface area contributed by atoms with Gasteiger partial charge in [0.2, 0.25) is 0 Å². The predicted octanol–water partition coefficient (Wildman–Crippen LogP) is 8.98. The van der Waals surface area contributed by atoms with Crippen LogP contribution in [0.1, 0.15) is 38.2 Å². The van der Waals surface area contributed by atoms with Crippen LogP contribution in [0.2, 0.25) is 0 Å². The van der Waals surface area contributed by atoms with Crippen molar-refractivity contribution in [1.29, 1.82) is 0 Å². The highest BCUT2D eigenvalue weighted by Gasteiger charge is 2.12. The average molecular weight is 434 g/mol. The van der Waals surface area contributed by atoms with Gasteiger partial charge in [-0.15, -0.1) is 0 Å². The highest BCUT2D eigenvalue weighted by atomic mass is 19.1. The number of pyridine rings is 1. The van der Waals surface area contributed by atoms with E-state index in [4.69, 9.17) is 0 Å². The third-order valence-corrected chi connectivity index (χ3v) is 6.49. The van der Waals surface area contributed by atoms with Gasteiger partial charge in [-0.05, 0) is 64.4 Å². The molecule has 0 spiro atoms. The molecular formula is C31H28FN. The van der Waals surface area contributed by atoms with Crippen molar-refractivity contribution in [2.45, 2.75) is 39.0 Å². The molecule has 0 aliphatic heterocycles. The van der Waals surface area contributed by atoms with Crippen molar-refractivity contribution in [1.82, 2.24) is 4.98 Å². The van der Waals surface area contributed by atoms with Gasteiger partial charge in [-0.2, -0.15) is 0 Å². The number of aryl methyl sites for hydroxylation is 1. The summed E-state index contributed by atoms with van der Waals surface area (Å²) in [4.78, 5) is 4.69. The number of halogens is 1. The Morgan fingerprint density at radius 1 is 0.697 bits per heavy atom. The molecule has 1 aromatic heterocycles. The van der Waals surface area contributed by atoms with Crippen LogP contribution in [0, 0.1) is 5.82 Å². The zero-order chi connectivity index (χ0) is 22.6. The molecule has 0 N–H and O–H groups in total. The maximum absolute atomic E-state index is 14.9. The summed E-state index contributed by atoms with van der Waals surface area (Å²) in [5.74, 6) is -0.208. The number of rotatable bonds is 7. The van der Waals surface area contributed by atoms with E-state index in [9.17, 15) is 4.39 Å². The van der Waals surface area contributed by atoms with Gasteiger partial charge in [-0.25, -0.2) is 4.39 Å². The van der Waals surface area contributed by atoms with Gasteiger partial charge in [-0.1, -0.05) is 86.8 Å². The van der Waals surface area contributed by atoms with E-state index >= 15 is 0 Å². The Hall–Kier alpha value is -3.52. The van der Waals surface area contributed by atoms with Crippen molar-refractivity contribution >= 4 is 21.5 Å². The van der Waals surface area contributed by atoms with Gasteiger partial charge in [0.05, 0.1) is 5.69 Å². The molecule has 1 nitrogen and oxygen atoms in total. The van der Waals surface area contributed by atoms with Crippen LogP contribution in [0.15, 0.2) is 91.1 Å². The van der Waals surface area contributed by atoms with Crippen molar-refractivity contribution in [3.63, 3.8) is 0 Å². The molecule has 0 unspecified atom stereocenters. The molecule has 5 aromatic rings. The Labute approximate surface area is 194 Å². The van der Waals surface area contributed by atoms with Crippen LogP contribution in [0.4, 0.5) is 4.39 Å². The molecule has 2 heteroatoms. The SMILES string of the molecule is CCCCCCc1ccc(-c2cc(-c3nccc4c3ccc3ccccc34)ccc2F)cc1. The summed E-state index contributed by atoms with van der Waals surface area (Å²) in [5.41, 5.74) is 4.64. The third kappa shape index (κ3) is 4.39. The van der Waals surface area contributed by atoms with E-state index in [1.54, 1.807) is 6.07 Å². The Kier molecular flexibility index (Phi) is 6.17. The lowest BCUT2D eigenvalue weighted by Crippen LogP contribution is -1.91. The topological polar surface area (TPSA) is 12.9 Å². The van der Waals surface area contributed by atoms with Crippen LogP contribution in [0.3, 0.4) is 0 Å². The smallest absolute Gasteiger partial charge is 0.131 e. The van der Waals surface area contributed by atoms with Gasteiger partial charge in [0.15, 0.2) is 0 Å². The third-order valence-electron chi connectivity index (χ3n) is 6.49. The minimum absolute atomic E-state index is 0.208. The fourth-order valence-corrected chi connectivity index (χ4v) is 4.67. The summed E-state index contributed by atoms with van der Waals surface area (Å²) in [7, 11) is 0. The molecule has 4 aromatic carbocycles. The highest BCUT2D eigenvalue weighted by molar-refractivity contribution is 6.11. The molecule has 0 saturated heterocycles. The summed E-state index contributed by atoms with van der Waals surface area (Å²) in [6.07, 6.45) is 7.93. The molecule has 0 radical (unpaired) electrons. The van der Waals surface area contributed by atoms with Gasteiger partial charge < -0.3 is 0 Å². The fourth-order valence-electron chi connectivity index (χ4n) is 4.67. The van der Waals surface area contributed by atoms with Gasteiger partial charge in [0.1, 0.15) is 5.82 Å². The van der Waals surface area contributed by atoms with E-state index in [1.807, 2.05) is 30.5 Å². The molecule has 0 saturated carbocycles. The second kappa shape index (κ2) is 9.54. The number of nitrogens with zero attached hydrogens (tertiary/aromatic N) is 1. The summed E-state index contributed by atoms with van der Waals surface area (Å²) >= 11 is 0. The summed E-state index contributed by atoms with van der Waals surface area (Å²) in [5, 5.41) is 4.65. The molecule has 0 aliphatic carbocycles. The van der Waals surface area contributed by atoms with Crippen LogP contribution < -0.4 is 0 Å². The van der Waals surface area contributed by atoms with Crippen LogP contribution in [0.25, 0.3) is 43.9 Å². The van der Waals surface area contributed by atoms with Crippen LogP contribution in [0.5, 0.6) is 0 Å². The maximum Gasteiger partial charge on any atom is 0.131 e. The zero-order valence-corrected chi connectivity index (χ0v) is 19.0. The molecule has 1 heterocycles. The quantitative estimate of drug-likeness (QED) is 0.184. The minimum Gasteiger partial charge on any atom is -0.256 e. The summed E-state index contributed by atoms with van der Waals surface area (Å²) < 4.78 is 14.9. The first-order chi connectivity index (χ1) is 16.2. The summed E-state index contributed by atoms with van der Waals surface area (Å²) in [6, 6.07) is 28.4. The van der Waals surface area contributed by atoms with Crippen molar-refractivity contribution in [2.75, 3.05) is 0 Å². The van der Waals surface area contributed by atoms with Crippen molar-refractivity contribution in [3.05, 3.63) is 103 Å². The first-order valence-electron chi connectivity index (χ1n) is 11.9. The molecule has 0 amide bonds. The Bertz CT molecular complexity index is 1400. The number of unbranched alkanes of at least 4 members (excludes halogenated alkanes) is 3. The monoisotopic (exact) mass is 433 g/mol. The largest absolute Gasteiger partial charge is 0.256 e. The average Bonchev–Trinajstić information content (AvgIpc) is 2.87. The van der Waals surface area contributed by atoms with Crippen LogP contribution >= 0.6 is 0 Å². The summed E-state index contributed by atoms with van der Waals surface area (Å²) in [6.45, 7) is 2.23. The first-order valence-corrected chi connectivity index (χ1v) is 11.9. The van der Waals surface area contributed by atoms with E-state index in [0.29, 0.717) is 5.56 Å². The molecule has 33 heavy (non-hydrogen) atoms. The van der Waals surface area contributed by atoms with Gasteiger partial charge in [0, 0.05) is 22.7 Å². The molecule has 0 atom stereocenters. The zero-order valence-electron chi connectivity index (χ0n) is 19.0. The molecule has 0 bridgehead atoms. The van der Waals surface area contributed by atoms with Crippen molar-refractivity contribution < 1.29 is 4.39 Å². The number of fused-ring (bicyclic) bond motifs is 3. The molecule has 0 fully saturated rings. The van der Waals surface area contributed by atoms with E-state index in [2.05, 4.69) is 66.5 Å².